The van der Waals surface area contributed by atoms with Crippen molar-refractivity contribution in [3.63, 3.8) is 0 Å². The first-order valence-electron chi connectivity index (χ1n) is 15.2. The molecule has 2 N–H and O–H groups in total. The average molecular weight is 586 g/mol. The predicted molar refractivity (Wildman–Crippen MR) is 169 cm³/mol. The van der Waals surface area contributed by atoms with E-state index in [9.17, 15) is 9.90 Å². The number of aromatic carboxylic acids is 1. The molecule has 2 aromatic heterocycles. The van der Waals surface area contributed by atoms with E-state index in [4.69, 9.17) is 16.3 Å². The number of carboxylic acids is 1. The van der Waals surface area contributed by atoms with Crippen LogP contribution in [0.4, 0.5) is 5.69 Å². The number of carboxylic acid groups (broad SMARTS) is 1. The average Bonchev–Trinajstić information content (AvgIpc) is 3.44. The molecule has 6 nitrogen and oxygen atoms in total. The Morgan fingerprint density at radius 3 is 2.62 bits per heavy atom. The molecule has 42 heavy (non-hydrogen) atoms. The zero-order valence-electron chi connectivity index (χ0n) is 24.7. The third-order valence-electron chi connectivity index (χ3n) is 9.63. The van der Waals surface area contributed by atoms with Crippen molar-refractivity contribution in [2.45, 2.75) is 65.2 Å². The summed E-state index contributed by atoms with van der Waals surface area (Å²) in [5.41, 5.74) is 4.62. The molecule has 3 heterocycles. The van der Waals surface area contributed by atoms with Crippen LogP contribution in [0.2, 0.25) is 5.02 Å². The van der Waals surface area contributed by atoms with Gasteiger partial charge in [0.25, 0.3) is 0 Å². The van der Waals surface area contributed by atoms with Gasteiger partial charge >= 0.3 is 5.97 Å². The van der Waals surface area contributed by atoms with Crippen LogP contribution in [-0.4, -0.2) is 34.1 Å². The number of benzene rings is 2. The number of nitrogens with one attached hydrogen (secondary N) is 1. The molecule has 1 aliphatic carbocycles. The molecule has 0 amide bonds. The maximum Gasteiger partial charge on any atom is 0.339 e. The lowest BCUT2D eigenvalue weighted by Gasteiger charge is -2.43. The molecule has 1 saturated carbocycles. The van der Waals surface area contributed by atoms with Crippen LogP contribution in [0.5, 0.6) is 11.5 Å². The molecular weight excluding hydrogens is 546 g/mol. The molecule has 2 fully saturated rings. The van der Waals surface area contributed by atoms with Crippen LogP contribution < -0.4 is 9.64 Å². The van der Waals surface area contributed by atoms with E-state index in [0.29, 0.717) is 34.7 Å². The maximum atomic E-state index is 12.1. The first kappa shape index (κ1) is 28.6. The fraction of sp³-hybridized carbons (Fsp3) is 0.429. The summed E-state index contributed by atoms with van der Waals surface area (Å²) in [7, 11) is 0. The number of pyridine rings is 1. The van der Waals surface area contributed by atoms with Crippen molar-refractivity contribution >= 4 is 34.3 Å². The Bertz CT molecular complexity index is 1570. The standard InChI is InChI=1S/C35H40ClN3O3/c1-22-31(9-8-29(34(40)41)32(22)42-28-19-26-11-15-37-33(26)38-21-28)39-16-12-23(13-17-39)18-25-10-14-35(2,3)20-30(25)24-4-6-27(36)7-5-24/h4-9,11,15,19,21,23,25,30H,10,12-14,16-18,20H2,1-3H3,(H,37,38)(H,40,41)/t25-,30-/m0/s1. The number of carbonyl (C=O) groups is 1. The number of hydrogen-bond acceptors (Lipinski definition) is 4. The van der Waals surface area contributed by atoms with E-state index in [0.717, 1.165) is 53.2 Å². The van der Waals surface area contributed by atoms with Crippen LogP contribution in [0.3, 0.4) is 0 Å². The van der Waals surface area contributed by atoms with Gasteiger partial charge in [-0.15, -0.1) is 0 Å². The van der Waals surface area contributed by atoms with E-state index >= 15 is 0 Å². The van der Waals surface area contributed by atoms with Gasteiger partial charge in [0.05, 0.1) is 6.20 Å². The fourth-order valence-electron chi connectivity index (χ4n) is 7.28. The summed E-state index contributed by atoms with van der Waals surface area (Å²) in [5, 5.41) is 11.6. The number of H-pyrrole nitrogens is 1. The van der Waals surface area contributed by atoms with Gasteiger partial charge in [-0.25, -0.2) is 9.78 Å². The van der Waals surface area contributed by atoms with Crippen LogP contribution >= 0.6 is 11.6 Å². The molecule has 1 saturated heterocycles. The third-order valence-corrected chi connectivity index (χ3v) is 9.88. The fourth-order valence-corrected chi connectivity index (χ4v) is 7.40. The number of rotatable bonds is 7. The van der Waals surface area contributed by atoms with Crippen molar-refractivity contribution in [1.29, 1.82) is 0 Å². The summed E-state index contributed by atoms with van der Waals surface area (Å²) < 4.78 is 6.22. The maximum absolute atomic E-state index is 12.1. The van der Waals surface area contributed by atoms with E-state index in [1.165, 1.54) is 31.2 Å². The van der Waals surface area contributed by atoms with Crippen molar-refractivity contribution in [3.05, 3.63) is 82.6 Å². The highest BCUT2D eigenvalue weighted by Crippen LogP contribution is 2.50. The van der Waals surface area contributed by atoms with Crippen LogP contribution in [0, 0.1) is 24.2 Å². The lowest BCUT2D eigenvalue weighted by Crippen LogP contribution is -2.36. The topological polar surface area (TPSA) is 78.5 Å². The Balaban J connectivity index is 1.16. The predicted octanol–water partition coefficient (Wildman–Crippen LogP) is 9.23. The minimum absolute atomic E-state index is 0.161. The molecule has 7 heteroatoms. The van der Waals surface area contributed by atoms with Gasteiger partial charge in [-0.05, 0) is 111 Å². The van der Waals surface area contributed by atoms with Gasteiger partial charge in [0, 0.05) is 40.9 Å². The Morgan fingerprint density at radius 1 is 1.12 bits per heavy atom. The van der Waals surface area contributed by atoms with Gasteiger partial charge in [-0.2, -0.15) is 0 Å². The second kappa shape index (κ2) is 11.6. The molecule has 0 spiro atoms. The number of halogens is 1. The van der Waals surface area contributed by atoms with Crippen molar-refractivity contribution < 1.29 is 14.6 Å². The summed E-state index contributed by atoms with van der Waals surface area (Å²) in [6.07, 6.45) is 10.8. The van der Waals surface area contributed by atoms with Gasteiger partial charge in [-0.1, -0.05) is 37.6 Å². The van der Waals surface area contributed by atoms with E-state index < -0.39 is 5.97 Å². The molecule has 220 valence electrons. The molecular formula is C35H40ClN3O3. The summed E-state index contributed by atoms with van der Waals surface area (Å²) in [5.74, 6) is 1.87. The van der Waals surface area contributed by atoms with Crippen LogP contribution in [0.25, 0.3) is 11.0 Å². The molecule has 1 aliphatic heterocycles. The van der Waals surface area contributed by atoms with Crippen molar-refractivity contribution in [2.75, 3.05) is 18.0 Å². The monoisotopic (exact) mass is 585 g/mol. The molecule has 2 aromatic carbocycles. The first-order valence-corrected chi connectivity index (χ1v) is 15.5. The van der Waals surface area contributed by atoms with Crippen molar-refractivity contribution in [2.24, 2.45) is 17.3 Å². The van der Waals surface area contributed by atoms with E-state index in [1.54, 1.807) is 12.3 Å². The largest absolute Gasteiger partial charge is 0.478 e. The van der Waals surface area contributed by atoms with Gasteiger partial charge in [0.1, 0.15) is 22.7 Å². The Labute approximate surface area is 253 Å². The molecule has 4 aromatic rings. The smallest absolute Gasteiger partial charge is 0.339 e. The van der Waals surface area contributed by atoms with Crippen LogP contribution in [-0.2, 0) is 0 Å². The highest BCUT2D eigenvalue weighted by Gasteiger charge is 2.37. The molecule has 6 rings (SSSR count). The molecule has 2 atom stereocenters. The summed E-state index contributed by atoms with van der Waals surface area (Å²) >= 11 is 6.22. The van der Waals surface area contributed by atoms with Gasteiger partial charge < -0.3 is 19.7 Å². The van der Waals surface area contributed by atoms with Crippen LogP contribution in [0.15, 0.2) is 60.9 Å². The number of piperidine rings is 1. The van der Waals surface area contributed by atoms with Crippen molar-refractivity contribution in [3.8, 4) is 11.5 Å². The molecule has 0 radical (unpaired) electrons. The Morgan fingerprint density at radius 2 is 1.88 bits per heavy atom. The van der Waals surface area contributed by atoms with Gasteiger partial charge in [0.2, 0.25) is 0 Å². The minimum atomic E-state index is -1.00. The number of aromatic nitrogens is 2. The van der Waals surface area contributed by atoms with E-state index in [2.05, 4.69) is 40.8 Å². The lowest BCUT2D eigenvalue weighted by molar-refractivity contribution is 0.0694. The summed E-state index contributed by atoms with van der Waals surface area (Å²) in [6.45, 7) is 8.70. The van der Waals surface area contributed by atoms with E-state index in [-0.39, 0.29) is 5.56 Å². The number of fused-ring (bicyclic) bond motifs is 1. The number of ether oxygens (including phenoxy) is 1. The summed E-state index contributed by atoms with van der Waals surface area (Å²) in [6, 6.07) is 16.0. The zero-order chi connectivity index (χ0) is 29.4. The molecule has 0 unspecified atom stereocenters. The lowest BCUT2D eigenvalue weighted by atomic mass is 9.63. The third kappa shape index (κ3) is 6.00. The molecule has 0 bridgehead atoms. The first-order chi connectivity index (χ1) is 20.2. The van der Waals surface area contributed by atoms with Crippen molar-refractivity contribution in [1.82, 2.24) is 9.97 Å². The highest BCUT2D eigenvalue weighted by molar-refractivity contribution is 6.30. The second-order valence-corrected chi connectivity index (χ2v) is 13.5. The van der Waals surface area contributed by atoms with Gasteiger partial charge in [-0.3, -0.25) is 0 Å². The molecule has 2 aliphatic rings. The Hall–Kier alpha value is -3.51. The summed E-state index contributed by atoms with van der Waals surface area (Å²) in [4.78, 5) is 22.0. The van der Waals surface area contributed by atoms with Gasteiger partial charge in [0.15, 0.2) is 0 Å². The minimum Gasteiger partial charge on any atom is -0.478 e. The highest BCUT2D eigenvalue weighted by atomic mass is 35.5. The zero-order valence-corrected chi connectivity index (χ0v) is 25.5. The SMILES string of the molecule is Cc1c(N2CCC(C[C@@H]3CCC(C)(C)C[C@H]3c3ccc(Cl)cc3)CC2)ccc(C(=O)O)c1Oc1cnc2[nH]ccc2c1. The van der Waals surface area contributed by atoms with Crippen LogP contribution in [0.1, 0.15) is 79.8 Å². The second-order valence-electron chi connectivity index (χ2n) is 13.1. The number of aromatic amines is 1. The number of nitrogens with zero attached hydrogens (tertiary/aromatic N) is 2. The quantitative estimate of drug-likeness (QED) is 0.226. The normalized spacial score (nSPS) is 21.0. The number of anilines is 1. The Kier molecular flexibility index (Phi) is 7.93. The van der Waals surface area contributed by atoms with E-state index in [1.807, 2.05) is 43.5 Å². The number of hydrogen-bond donors (Lipinski definition) is 2.